The van der Waals surface area contributed by atoms with Crippen LogP contribution in [0.2, 0.25) is 0 Å². The van der Waals surface area contributed by atoms with E-state index in [9.17, 15) is 37.5 Å². The number of carbonyl (C=O) groups excluding carboxylic acids is 1. The molecule has 0 radical (unpaired) electrons. The Morgan fingerprint density at radius 3 is 2.39 bits per heavy atom. The van der Waals surface area contributed by atoms with Gasteiger partial charge in [0.15, 0.2) is 0 Å². The van der Waals surface area contributed by atoms with Crippen molar-refractivity contribution in [2.24, 2.45) is 14.1 Å². The quantitative estimate of drug-likeness (QED) is 0.294. The Hall–Kier alpha value is -5.02. The van der Waals surface area contributed by atoms with Gasteiger partial charge in [-0.3, -0.25) is 14.2 Å². The third-order valence-corrected chi connectivity index (χ3v) is 8.34. The van der Waals surface area contributed by atoms with Crippen LogP contribution in [0.1, 0.15) is 41.0 Å². The number of alkyl halides is 3. The minimum Gasteiger partial charge on any atom is -0.480 e. The van der Waals surface area contributed by atoms with Crippen LogP contribution in [-0.2, 0) is 25.3 Å². The minimum atomic E-state index is -4.63. The molecule has 0 saturated carbocycles. The van der Waals surface area contributed by atoms with Gasteiger partial charge in [-0.25, -0.2) is 23.4 Å². The van der Waals surface area contributed by atoms with Crippen molar-refractivity contribution in [3.05, 3.63) is 86.1 Å². The third kappa shape index (κ3) is 5.74. The number of pyridine rings is 1. The largest absolute Gasteiger partial charge is 0.480 e. The summed E-state index contributed by atoms with van der Waals surface area (Å²) in [4.78, 5) is 55.7. The number of carbonyl (C=O) groups is 2. The first-order valence-electron chi connectivity index (χ1n) is 14.2. The second-order valence-electron chi connectivity index (χ2n) is 11.1. The molecule has 46 heavy (non-hydrogen) atoms. The van der Waals surface area contributed by atoms with Crippen LogP contribution in [0.25, 0.3) is 16.8 Å². The van der Waals surface area contributed by atoms with Crippen LogP contribution in [0.5, 0.6) is 0 Å². The molecule has 1 aromatic carbocycles. The van der Waals surface area contributed by atoms with Crippen molar-refractivity contribution < 1.29 is 36.6 Å². The summed E-state index contributed by atoms with van der Waals surface area (Å²) >= 11 is 0. The van der Waals surface area contributed by atoms with Crippen molar-refractivity contribution in [1.29, 1.82) is 0 Å². The summed E-state index contributed by atoms with van der Waals surface area (Å²) in [5, 5.41) is 12.0. The Labute approximate surface area is 257 Å². The number of benzene rings is 1. The topological polar surface area (TPSA) is 131 Å². The van der Waals surface area contributed by atoms with Gasteiger partial charge in [0.1, 0.15) is 34.9 Å². The molecule has 1 amide bonds. The third-order valence-electron chi connectivity index (χ3n) is 8.34. The van der Waals surface area contributed by atoms with Crippen molar-refractivity contribution in [3.63, 3.8) is 0 Å². The first kappa shape index (κ1) is 32.4. The Morgan fingerprint density at radius 2 is 1.76 bits per heavy atom. The van der Waals surface area contributed by atoms with Gasteiger partial charge in [0.2, 0.25) is 0 Å². The maximum atomic E-state index is 15.1. The van der Waals surface area contributed by atoms with Crippen molar-refractivity contribution in [2.45, 2.75) is 50.9 Å². The maximum Gasteiger partial charge on any atom is 0.408 e. The summed E-state index contributed by atoms with van der Waals surface area (Å²) in [5.41, 5.74) is -1.17. The first-order valence-corrected chi connectivity index (χ1v) is 14.2. The summed E-state index contributed by atoms with van der Waals surface area (Å²) < 4.78 is 74.7. The number of aromatic nitrogens is 4. The summed E-state index contributed by atoms with van der Waals surface area (Å²) in [5.74, 6) is -5.84. The van der Waals surface area contributed by atoms with E-state index in [0.717, 1.165) is 9.47 Å². The lowest BCUT2D eigenvalue weighted by molar-refractivity contribution is -0.152. The van der Waals surface area contributed by atoms with Crippen LogP contribution in [0.15, 0.2) is 46.2 Å². The molecule has 2 atom stereocenters. The molecule has 244 valence electrons. The minimum absolute atomic E-state index is 0.0895. The number of piperidine rings is 1. The number of rotatable bonds is 7. The average molecular weight is 649 g/mol. The molecule has 0 bridgehead atoms. The summed E-state index contributed by atoms with van der Waals surface area (Å²) in [6.07, 6.45) is -1.71. The summed E-state index contributed by atoms with van der Waals surface area (Å²) in [7, 11) is 2.83. The highest BCUT2D eigenvalue weighted by atomic mass is 19.4. The number of aliphatic carboxylic acids is 1. The molecule has 1 saturated heterocycles. The van der Waals surface area contributed by atoms with Crippen LogP contribution in [0, 0.1) is 18.6 Å². The second-order valence-corrected chi connectivity index (χ2v) is 11.1. The van der Waals surface area contributed by atoms with Crippen molar-refractivity contribution in [2.75, 3.05) is 11.4 Å². The molecule has 0 unspecified atom stereocenters. The molecule has 0 aliphatic carbocycles. The number of amides is 1. The second kappa shape index (κ2) is 12.1. The van der Waals surface area contributed by atoms with E-state index in [1.807, 2.05) is 0 Å². The van der Waals surface area contributed by atoms with Crippen LogP contribution >= 0.6 is 0 Å². The number of imidazole rings is 1. The molecule has 4 aromatic rings. The highest BCUT2D eigenvalue weighted by Gasteiger charge is 2.45. The van der Waals surface area contributed by atoms with Gasteiger partial charge in [-0.2, -0.15) is 13.2 Å². The lowest BCUT2D eigenvalue weighted by atomic mass is 10.00. The molecule has 16 heteroatoms. The number of anilines is 1. The molecular formula is C30H29F5N6O5. The van der Waals surface area contributed by atoms with E-state index >= 15 is 8.78 Å². The smallest absolute Gasteiger partial charge is 0.408 e. The number of carboxylic acid groups (broad SMARTS) is 1. The molecule has 2 N–H and O–H groups in total. The van der Waals surface area contributed by atoms with Gasteiger partial charge in [-0.05, 0) is 50.5 Å². The van der Waals surface area contributed by atoms with Gasteiger partial charge in [0.05, 0.1) is 5.56 Å². The molecule has 3 aromatic heterocycles. The molecule has 11 nitrogen and oxygen atoms in total. The van der Waals surface area contributed by atoms with E-state index in [0.29, 0.717) is 41.9 Å². The SMILES string of the molecule is Cc1c(-c2ccc(C[C@H](NC(=O)c3c(F)cc(N4CCCC[C@@H]4C(F)(F)F)cc3F)C(=O)O)n3ccnc23)c(=O)n(C)c(=O)n1C. The van der Waals surface area contributed by atoms with Crippen LogP contribution in [0.4, 0.5) is 27.6 Å². The molecule has 1 fully saturated rings. The monoisotopic (exact) mass is 648 g/mol. The number of halogens is 5. The zero-order valence-electron chi connectivity index (χ0n) is 24.9. The number of carboxylic acids is 1. The molecular weight excluding hydrogens is 619 g/mol. The Balaban J connectivity index is 1.44. The summed E-state index contributed by atoms with van der Waals surface area (Å²) in [6.45, 7) is 1.50. The number of nitrogens with zero attached hydrogens (tertiary/aromatic N) is 5. The van der Waals surface area contributed by atoms with E-state index in [4.69, 9.17) is 0 Å². The van der Waals surface area contributed by atoms with E-state index in [1.54, 1.807) is 6.92 Å². The van der Waals surface area contributed by atoms with Crippen molar-refractivity contribution in [1.82, 2.24) is 23.8 Å². The standard InChI is InChI=1S/C30H29F5N6O5/c1-15-23(27(43)39(3)29(46)38(15)2)18-8-7-16(41-11-9-36-25(18)41)14-21(28(44)45)37-26(42)24-19(31)12-17(13-20(24)32)40-10-5-4-6-22(40)30(33,34)35/h7-9,11-13,21-22H,4-6,10,14H2,1-3H3,(H,37,42)(H,44,45)/t21-,22+/m0/s1. The Kier molecular flexibility index (Phi) is 8.49. The Morgan fingerprint density at radius 1 is 1.09 bits per heavy atom. The highest BCUT2D eigenvalue weighted by Crippen LogP contribution is 2.36. The fraction of sp³-hybridized carbons (Fsp3) is 0.367. The van der Waals surface area contributed by atoms with Crippen LogP contribution in [-0.4, -0.2) is 60.3 Å². The zero-order valence-corrected chi connectivity index (χ0v) is 24.9. The predicted molar refractivity (Wildman–Crippen MR) is 156 cm³/mol. The highest BCUT2D eigenvalue weighted by molar-refractivity contribution is 5.97. The number of nitrogens with one attached hydrogen (secondary N) is 1. The molecule has 4 heterocycles. The molecule has 1 aliphatic rings. The maximum absolute atomic E-state index is 15.1. The van der Waals surface area contributed by atoms with Gasteiger partial charge in [-0.1, -0.05) is 0 Å². The van der Waals surface area contributed by atoms with Gasteiger partial charge in [-0.15, -0.1) is 0 Å². The van der Waals surface area contributed by atoms with E-state index in [1.165, 1.54) is 47.6 Å². The average Bonchev–Trinajstić information content (AvgIpc) is 3.49. The first-order chi connectivity index (χ1) is 21.6. The van der Waals surface area contributed by atoms with Crippen molar-refractivity contribution >= 4 is 23.2 Å². The van der Waals surface area contributed by atoms with E-state index in [-0.39, 0.29) is 36.3 Å². The van der Waals surface area contributed by atoms with Gasteiger partial charge in [0, 0.05) is 62.1 Å². The number of hydrogen-bond acceptors (Lipinski definition) is 6. The van der Waals surface area contributed by atoms with Crippen LogP contribution < -0.4 is 21.5 Å². The normalized spacial score (nSPS) is 16.1. The molecule has 0 spiro atoms. The molecule has 5 rings (SSSR count). The van der Waals surface area contributed by atoms with Gasteiger partial charge >= 0.3 is 17.8 Å². The van der Waals surface area contributed by atoms with Gasteiger partial charge < -0.3 is 24.3 Å². The van der Waals surface area contributed by atoms with Crippen molar-refractivity contribution in [3.8, 4) is 11.1 Å². The number of hydrogen-bond donors (Lipinski definition) is 2. The van der Waals surface area contributed by atoms with Gasteiger partial charge in [0.25, 0.3) is 11.5 Å². The van der Waals surface area contributed by atoms with E-state index in [2.05, 4.69) is 10.3 Å². The molecule has 1 aliphatic heterocycles. The lowest BCUT2D eigenvalue weighted by Gasteiger charge is -2.38. The fourth-order valence-electron chi connectivity index (χ4n) is 5.85. The lowest BCUT2D eigenvalue weighted by Crippen LogP contribution is -2.49. The summed E-state index contributed by atoms with van der Waals surface area (Å²) in [6, 6.07) is 0.630. The Bertz CT molecular complexity index is 1960. The van der Waals surface area contributed by atoms with E-state index < -0.39 is 58.6 Å². The fourth-order valence-corrected chi connectivity index (χ4v) is 5.85. The predicted octanol–water partition coefficient (Wildman–Crippen LogP) is 3.33. The van der Waals surface area contributed by atoms with Crippen LogP contribution in [0.3, 0.4) is 0 Å². The zero-order chi connectivity index (χ0) is 33.7. The number of fused-ring (bicyclic) bond motifs is 1.